The zero-order valence-electron chi connectivity index (χ0n) is 15.3. The number of ether oxygens (including phenoxy) is 2. The summed E-state index contributed by atoms with van der Waals surface area (Å²) in [5.41, 5.74) is 5.15. The highest BCUT2D eigenvalue weighted by Gasteiger charge is 2.16. The Kier molecular flexibility index (Phi) is 7.33. The van der Waals surface area contributed by atoms with E-state index in [0.29, 0.717) is 0 Å². The summed E-state index contributed by atoms with van der Waals surface area (Å²) >= 11 is 0. The van der Waals surface area contributed by atoms with Crippen LogP contribution in [0.15, 0.2) is 30.3 Å². The molecule has 0 spiro atoms. The summed E-state index contributed by atoms with van der Waals surface area (Å²) < 4.78 is 51.8. The fourth-order valence-electron chi connectivity index (χ4n) is 2.12. The maximum absolute atomic E-state index is 14.2. The number of carbonyl (C=O) groups excluding carboxylic acids is 1. The van der Waals surface area contributed by atoms with Gasteiger partial charge in [-0.25, -0.2) is 23.0 Å². The standard InChI is InChI=1S/C18H20F3N3O4/c1-24(26-2)18(25)23-7-8-27-16-6-5-14(20)17(21)12(16)10-28-11-3-4-13(19)15(22)9-11/h3-6,9H,7-8,10,22H2,1-2H3,(H,23,25). The van der Waals surface area contributed by atoms with Crippen LogP contribution in [-0.2, 0) is 11.4 Å². The minimum Gasteiger partial charge on any atom is -0.491 e. The van der Waals surface area contributed by atoms with Crippen LogP contribution in [0, 0.1) is 17.5 Å². The maximum Gasteiger partial charge on any atom is 0.341 e. The van der Waals surface area contributed by atoms with E-state index in [2.05, 4.69) is 5.32 Å². The third-order valence-electron chi connectivity index (χ3n) is 3.70. The molecule has 0 heterocycles. The van der Waals surface area contributed by atoms with Gasteiger partial charge >= 0.3 is 6.03 Å². The average molecular weight is 399 g/mol. The molecule has 3 N–H and O–H groups in total. The van der Waals surface area contributed by atoms with Gasteiger partial charge in [0.25, 0.3) is 0 Å². The smallest absolute Gasteiger partial charge is 0.341 e. The van der Waals surface area contributed by atoms with Crippen molar-refractivity contribution in [3.63, 3.8) is 0 Å². The Labute approximate surface area is 159 Å². The molecule has 0 radical (unpaired) electrons. The first kappa shape index (κ1) is 21.2. The van der Waals surface area contributed by atoms with Gasteiger partial charge in [0.2, 0.25) is 0 Å². The zero-order valence-corrected chi connectivity index (χ0v) is 15.3. The minimum absolute atomic E-state index is 0.00906. The molecule has 0 atom stereocenters. The van der Waals surface area contributed by atoms with E-state index in [9.17, 15) is 18.0 Å². The van der Waals surface area contributed by atoms with Crippen molar-refractivity contribution in [2.75, 3.05) is 33.0 Å². The number of benzene rings is 2. The summed E-state index contributed by atoms with van der Waals surface area (Å²) in [5, 5.41) is 3.48. The minimum atomic E-state index is -1.13. The van der Waals surface area contributed by atoms with E-state index in [-0.39, 0.29) is 42.5 Å². The van der Waals surface area contributed by atoms with Crippen LogP contribution in [0.3, 0.4) is 0 Å². The number of nitrogens with two attached hydrogens (primary N) is 1. The van der Waals surface area contributed by atoms with E-state index < -0.39 is 23.5 Å². The molecule has 0 unspecified atom stereocenters. The van der Waals surface area contributed by atoms with Crippen molar-refractivity contribution in [3.05, 3.63) is 53.3 Å². The second-order valence-electron chi connectivity index (χ2n) is 5.57. The van der Waals surface area contributed by atoms with E-state index in [1.165, 1.54) is 32.4 Å². The van der Waals surface area contributed by atoms with Crippen molar-refractivity contribution >= 4 is 11.7 Å². The maximum atomic E-state index is 14.2. The molecule has 0 fully saturated rings. The molecule has 28 heavy (non-hydrogen) atoms. The number of urea groups is 1. The quantitative estimate of drug-likeness (QED) is 0.405. The number of nitrogen functional groups attached to an aromatic ring is 1. The lowest BCUT2D eigenvalue weighted by molar-refractivity contribution is -0.0648. The predicted molar refractivity (Wildman–Crippen MR) is 95.2 cm³/mol. The first-order valence-corrected chi connectivity index (χ1v) is 8.16. The van der Waals surface area contributed by atoms with Gasteiger partial charge in [0, 0.05) is 13.1 Å². The van der Waals surface area contributed by atoms with Crippen molar-refractivity contribution < 1.29 is 32.3 Å². The van der Waals surface area contributed by atoms with Crippen LogP contribution >= 0.6 is 0 Å². The Morgan fingerprint density at radius 2 is 1.86 bits per heavy atom. The number of carbonyl (C=O) groups is 1. The molecule has 0 aliphatic heterocycles. The number of anilines is 1. The molecule has 0 aliphatic carbocycles. The number of nitrogens with zero attached hydrogens (tertiary/aromatic N) is 1. The van der Waals surface area contributed by atoms with Crippen molar-refractivity contribution in [2.24, 2.45) is 0 Å². The van der Waals surface area contributed by atoms with Gasteiger partial charge in [-0.2, -0.15) is 0 Å². The SMILES string of the molecule is CON(C)C(=O)NCCOc1ccc(F)c(F)c1COc1ccc(F)c(N)c1. The van der Waals surface area contributed by atoms with Crippen molar-refractivity contribution in [3.8, 4) is 11.5 Å². The number of halogens is 3. The number of rotatable bonds is 8. The average Bonchev–Trinajstić information content (AvgIpc) is 2.68. The van der Waals surface area contributed by atoms with Gasteiger partial charge < -0.3 is 20.5 Å². The molecular formula is C18H20F3N3O4. The number of nitrogens with one attached hydrogen (secondary N) is 1. The molecule has 7 nitrogen and oxygen atoms in total. The molecule has 2 aromatic rings. The van der Waals surface area contributed by atoms with Crippen molar-refractivity contribution in [1.29, 1.82) is 0 Å². The van der Waals surface area contributed by atoms with Crippen LogP contribution in [0.2, 0.25) is 0 Å². The lowest BCUT2D eigenvalue weighted by atomic mass is 10.2. The summed E-state index contributed by atoms with van der Waals surface area (Å²) in [4.78, 5) is 16.2. The fraction of sp³-hybridized carbons (Fsp3) is 0.278. The second-order valence-corrected chi connectivity index (χ2v) is 5.57. The molecule has 0 saturated heterocycles. The molecule has 2 aromatic carbocycles. The summed E-state index contributed by atoms with van der Waals surface area (Å²) in [7, 11) is 2.75. The molecule has 0 aliphatic rings. The number of hydrogen-bond acceptors (Lipinski definition) is 5. The number of hydroxylamine groups is 2. The lowest BCUT2D eigenvalue weighted by Crippen LogP contribution is -2.38. The topological polar surface area (TPSA) is 86.0 Å². The van der Waals surface area contributed by atoms with Gasteiger partial charge in [0.15, 0.2) is 11.6 Å². The van der Waals surface area contributed by atoms with E-state index >= 15 is 0 Å². The highest BCUT2D eigenvalue weighted by molar-refractivity contribution is 5.72. The third-order valence-corrected chi connectivity index (χ3v) is 3.70. The molecule has 2 rings (SSSR count). The van der Waals surface area contributed by atoms with Crippen LogP contribution in [0.1, 0.15) is 5.56 Å². The van der Waals surface area contributed by atoms with Gasteiger partial charge in [0.1, 0.15) is 30.5 Å². The van der Waals surface area contributed by atoms with E-state index in [1.807, 2.05) is 0 Å². The second kappa shape index (κ2) is 9.70. The van der Waals surface area contributed by atoms with Gasteiger partial charge in [-0.3, -0.25) is 4.84 Å². The Morgan fingerprint density at radius 1 is 1.14 bits per heavy atom. The van der Waals surface area contributed by atoms with Crippen LogP contribution < -0.4 is 20.5 Å². The Balaban J connectivity index is 2.02. The van der Waals surface area contributed by atoms with E-state index in [1.54, 1.807) is 0 Å². The Bertz CT molecular complexity index is 836. The highest BCUT2D eigenvalue weighted by Crippen LogP contribution is 2.26. The van der Waals surface area contributed by atoms with Crippen LogP contribution in [0.4, 0.5) is 23.7 Å². The first-order valence-electron chi connectivity index (χ1n) is 8.16. The monoisotopic (exact) mass is 399 g/mol. The molecule has 152 valence electrons. The van der Waals surface area contributed by atoms with E-state index in [4.69, 9.17) is 20.0 Å². The molecule has 10 heteroatoms. The summed E-state index contributed by atoms with van der Waals surface area (Å²) in [5.74, 6) is -2.59. The van der Waals surface area contributed by atoms with Gasteiger partial charge in [0.05, 0.1) is 24.9 Å². The summed E-state index contributed by atoms with van der Waals surface area (Å²) in [6.45, 7) is -0.284. The van der Waals surface area contributed by atoms with Gasteiger partial charge in [-0.15, -0.1) is 0 Å². The molecular weight excluding hydrogens is 379 g/mol. The molecule has 0 saturated carbocycles. The molecule has 0 aromatic heterocycles. The first-order chi connectivity index (χ1) is 13.3. The Morgan fingerprint density at radius 3 is 2.54 bits per heavy atom. The van der Waals surface area contributed by atoms with Gasteiger partial charge in [-0.1, -0.05) is 0 Å². The number of amides is 2. The van der Waals surface area contributed by atoms with Gasteiger partial charge in [-0.05, 0) is 24.3 Å². The van der Waals surface area contributed by atoms with E-state index in [0.717, 1.165) is 17.2 Å². The molecule has 0 bridgehead atoms. The summed E-state index contributed by atoms with van der Waals surface area (Å²) in [6, 6.07) is 5.32. The normalized spacial score (nSPS) is 10.5. The van der Waals surface area contributed by atoms with Crippen LogP contribution in [-0.4, -0.2) is 38.4 Å². The third kappa shape index (κ3) is 5.43. The van der Waals surface area contributed by atoms with Crippen LogP contribution in [0.25, 0.3) is 0 Å². The largest absolute Gasteiger partial charge is 0.491 e. The zero-order chi connectivity index (χ0) is 20.7. The fourth-order valence-corrected chi connectivity index (χ4v) is 2.12. The summed E-state index contributed by atoms with van der Waals surface area (Å²) in [6.07, 6.45) is 0. The van der Waals surface area contributed by atoms with Crippen LogP contribution in [0.5, 0.6) is 11.5 Å². The predicted octanol–water partition coefficient (Wildman–Crippen LogP) is 2.85. The molecule has 2 amide bonds. The lowest BCUT2D eigenvalue weighted by Gasteiger charge is -2.16. The van der Waals surface area contributed by atoms with Crippen molar-refractivity contribution in [1.82, 2.24) is 10.4 Å². The van der Waals surface area contributed by atoms with Crippen molar-refractivity contribution in [2.45, 2.75) is 6.61 Å². The highest BCUT2D eigenvalue weighted by atomic mass is 19.2. The number of hydrogen-bond donors (Lipinski definition) is 2. The Hall–Kier alpha value is -3.14.